The van der Waals surface area contributed by atoms with Gasteiger partial charge in [0.05, 0.1) is 0 Å². The quantitative estimate of drug-likeness (QED) is 0.165. The molecule has 0 heteroatoms. The van der Waals surface area contributed by atoms with Gasteiger partial charge >= 0.3 is 0 Å². The van der Waals surface area contributed by atoms with Gasteiger partial charge in [0.1, 0.15) is 0 Å². The van der Waals surface area contributed by atoms with Gasteiger partial charge in [-0.2, -0.15) is 0 Å². The lowest BCUT2D eigenvalue weighted by atomic mass is 9.80. The second kappa shape index (κ2) is 13.3. The first-order valence-corrected chi connectivity index (χ1v) is 24.3. The van der Waals surface area contributed by atoms with E-state index in [-0.39, 0.29) is 10.8 Å². The van der Waals surface area contributed by atoms with Crippen LogP contribution in [0.3, 0.4) is 0 Å². The standard InChI is InChI=1S/C68H46/c1-67(2)55-25-15-13-21-45(55)47-29-27-41(37-57(47)67)43-31-32-44(42-28-30-48-46-22-14-16-26-56(46)68(3,4)58(48)38-42)62-52-34-36-54-64-53(35-33-51(61(43)62)63(52)64)65-59(39-17-7-5-8-18-39)49-23-11-12-24-50(49)60(66(54)65)40-19-9-6-10-20-40/h5-38H,1-4H3. The molecule has 15 rings (SSSR count). The molecular formula is C68H46. The molecule has 0 aliphatic heterocycles. The average Bonchev–Trinajstić information content (AvgIpc) is 4.04. The molecule has 0 saturated heterocycles. The molecule has 318 valence electrons. The Labute approximate surface area is 397 Å². The third kappa shape index (κ3) is 4.79. The van der Waals surface area contributed by atoms with Crippen molar-refractivity contribution in [3.63, 3.8) is 0 Å². The Bertz CT molecular complexity index is 3790. The summed E-state index contributed by atoms with van der Waals surface area (Å²) < 4.78 is 0. The zero-order valence-electron chi connectivity index (χ0n) is 38.6. The van der Waals surface area contributed by atoms with Crippen LogP contribution >= 0.6 is 0 Å². The molecular weight excluding hydrogens is 817 g/mol. The van der Waals surface area contributed by atoms with Gasteiger partial charge in [-0.05, 0) is 167 Å². The number of rotatable bonds is 4. The zero-order chi connectivity index (χ0) is 45.2. The molecule has 0 heterocycles. The summed E-state index contributed by atoms with van der Waals surface area (Å²) in [7, 11) is 0. The van der Waals surface area contributed by atoms with E-state index < -0.39 is 0 Å². The van der Waals surface area contributed by atoms with Crippen LogP contribution in [-0.4, -0.2) is 0 Å². The van der Waals surface area contributed by atoms with E-state index in [1.165, 1.54) is 155 Å². The highest BCUT2D eigenvalue weighted by Gasteiger charge is 2.40. The van der Waals surface area contributed by atoms with Gasteiger partial charge in [-0.1, -0.05) is 222 Å². The minimum atomic E-state index is -0.104. The van der Waals surface area contributed by atoms with Crippen molar-refractivity contribution in [2.45, 2.75) is 38.5 Å². The van der Waals surface area contributed by atoms with Gasteiger partial charge in [-0.3, -0.25) is 0 Å². The van der Waals surface area contributed by atoms with E-state index in [1.54, 1.807) is 0 Å². The average molecular weight is 863 g/mol. The van der Waals surface area contributed by atoms with Gasteiger partial charge in [0.2, 0.25) is 0 Å². The van der Waals surface area contributed by atoms with Crippen LogP contribution in [0, 0.1) is 0 Å². The molecule has 0 amide bonds. The SMILES string of the molecule is CC1(C)c2ccccc2-c2ccc(-c3ccc(-c4ccc5c(c4)C(C)(C)c4ccccc4-5)c4c3-c3ccc5c6c(ccc-4c36)-c3c-5c(-c4ccccc4)c4ccccc4c3-c3ccccc3)cc21. The maximum atomic E-state index is 2.51. The lowest BCUT2D eigenvalue weighted by molar-refractivity contribution is 0.660. The van der Waals surface area contributed by atoms with Gasteiger partial charge in [0.15, 0.2) is 0 Å². The van der Waals surface area contributed by atoms with E-state index in [0.29, 0.717) is 0 Å². The van der Waals surface area contributed by atoms with Crippen molar-refractivity contribution in [3.05, 3.63) is 229 Å². The summed E-state index contributed by atoms with van der Waals surface area (Å²) in [6.45, 7) is 9.58. The Kier molecular flexibility index (Phi) is 7.45. The van der Waals surface area contributed by atoms with Gasteiger partial charge in [0.25, 0.3) is 0 Å². The van der Waals surface area contributed by atoms with Crippen molar-refractivity contribution in [1.82, 2.24) is 0 Å². The van der Waals surface area contributed by atoms with Gasteiger partial charge in [-0.15, -0.1) is 0 Å². The van der Waals surface area contributed by atoms with Crippen LogP contribution in [0.25, 0.3) is 133 Å². The molecule has 0 radical (unpaired) electrons. The fraction of sp³-hybridized carbons (Fsp3) is 0.0882. The van der Waals surface area contributed by atoms with Crippen molar-refractivity contribution in [2.75, 3.05) is 0 Å². The minimum absolute atomic E-state index is 0.104. The molecule has 0 saturated carbocycles. The first-order chi connectivity index (χ1) is 33.3. The molecule has 0 nitrogen and oxygen atoms in total. The van der Waals surface area contributed by atoms with Crippen LogP contribution in [-0.2, 0) is 10.8 Å². The Morgan fingerprint density at radius 1 is 0.221 bits per heavy atom. The highest BCUT2D eigenvalue weighted by atomic mass is 14.4. The van der Waals surface area contributed by atoms with Crippen LogP contribution in [0.4, 0.5) is 0 Å². The topological polar surface area (TPSA) is 0 Å². The molecule has 0 bridgehead atoms. The van der Waals surface area contributed by atoms with Crippen molar-refractivity contribution in [2.24, 2.45) is 0 Å². The van der Waals surface area contributed by atoms with Gasteiger partial charge < -0.3 is 0 Å². The van der Waals surface area contributed by atoms with E-state index in [1.807, 2.05) is 0 Å². The van der Waals surface area contributed by atoms with Crippen LogP contribution in [0.5, 0.6) is 0 Å². The molecule has 4 aliphatic carbocycles. The van der Waals surface area contributed by atoms with E-state index in [0.717, 1.165) is 0 Å². The highest BCUT2D eigenvalue weighted by Crippen LogP contribution is 2.64. The largest absolute Gasteiger partial charge is 0.0622 e. The summed E-state index contributed by atoms with van der Waals surface area (Å²) in [5.41, 5.74) is 31.7. The molecule has 11 aromatic carbocycles. The predicted molar refractivity (Wildman–Crippen MR) is 287 cm³/mol. The maximum Gasteiger partial charge on any atom is 0.0159 e. The van der Waals surface area contributed by atoms with E-state index in [2.05, 4.69) is 234 Å². The van der Waals surface area contributed by atoms with Gasteiger partial charge in [0, 0.05) is 10.8 Å². The van der Waals surface area contributed by atoms with Crippen molar-refractivity contribution in [3.8, 4) is 111 Å². The number of hydrogen-bond acceptors (Lipinski definition) is 0. The summed E-state index contributed by atoms with van der Waals surface area (Å²) >= 11 is 0. The summed E-state index contributed by atoms with van der Waals surface area (Å²) in [5.74, 6) is 0. The Morgan fingerprint density at radius 2 is 0.544 bits per heavy atom. The lowest BCUT2D eigenvalue weighted by Crippen LogP contribution is -2.15. The predicted octanol–water partition coefficient (Wildman–Crippen LogP) is 18.6. The van der Waals surface area contributed by atoms with Crippen LogP contribution in [0.2, 0.25) is 0 Å². The van der Waals surface area contributed by atoms with Crippen molar-refractivity contribution in [1.29, 1.82) is 0 Å². The van der Waals surface area contributed by atoms with Gasteiger partial charge in [-0.25, -0.2) is 0 Å². The third-order valence-electron chi connectivity index (χ3n) is 16.6. The van der Waals surface area contributed by atoms with E-state index in [4.69, 9.17) is 0 Å². The second-order valence-electron chi connectivity index (χ2n) is 20.6. The first-order valence-electron chi connectivity index (χ1n) is 24.3. The summed E-state index contributed by atoms with van der Waals surface area (Å²) in [6.07, 6.45) is 0. The zero-order valence-corrected chi connectivity index (χ0v) is 38.6. The van der Waals surface area contributed by atoms with Crippen LogP contribution in [0.15, 0.2) is 206 Å². The Morgan fingerprint density at radius 3 is 0.971 bits per heavy atom. The van der Waals surface area contributed by atoms with Crippen molar-refractivity contribution < 1.29 is 0 Å². The Hall–Kier alpha value is -8.06. The molecule has 0 spiro atoms. The summed E-state index contributed by atoms with van der Waals surface area (Å²) in [5, 5.41) is 5.30. The molecule has 4 aliphatic rings. The molecule has 0 fully saturated rings. The lowest BCUT2D eigenvalue weighted by Gasteiger charge is -2.23. The maximum absolute atomic E-state index is 2.51. The summed E-state index contributed by atoms with van der Waals surface area (Å²) in [4.78, 5) is 0. The third-order valence-corrected chi connectivity index (χ3v) is 16.6. The second-order valence-corrected chi connectivity index (χ2v) is 20.6. The van der Waals surface area contributed by atoms with Crippen LogP contribution in [0.1, 0.15) is 49.9 Å². The van der Waals surface area contributed by atoms with E-state index in [9.17, 15) is 0 Å². The molecule has 11 aromatic rings. The smallest absolute Gasteiger partial charge is 0.0159 e. The highest BCUT2D eigenvalue weighted by molar-refractivity contribution is 6.33. The first kappa shape index (κ1) is 38.1. The monoisotopic (exact) mass is 862 g/mol. The van der Waals surface area contributed by atoms with E-state index >= 15 is 0 Å². The number of benzene rings is 11. The molecule has 0 atom stereocenters. The van der Waals surface area contributed by atoms with Crippen molar-refractivity contribution >= 4 is 21.5 Å². The number of hydrogen-bond donors (Lipinski definition) is 0. The number of fused-ring (bicyclic) bond motifs is 13. The fourth-order valence-corrected chi connectivity index (χ4v) is 13.5. The molecule has 68 heavy (non-hydrogen) atoms. The Balaban J connectivity index is 1.03. The molecule has 0 N–H and O–H groups in total. The minimum Gasteiger partial charge on any atom is -0.0622 e. The normalized spacial score (nSPS) is 14.4. The fourth-order valence-electron chi connectivity index (χ4n) is 13.5. The summed E-state index contributed by atoms with van der Waals surface area (Å²) in [6, 6.07) is 78.6. The molecule has 0 aromatic heterocycles. The van der Waals surface area contributed by atoms with Crippen LogP contribution < -0.4 is 0 Å². The molecule has 0 unspecified atom stereocenters.